The first-order valence-corrected chi connectivity index (χ1v) is 9.34. The molecule has 1 heterocycles. The van der Waals surface area contributed by atoms with E-state index in [1.165, 1.54) is 49.7 Å². The minimum atomic E-state index is -0.513. The zero-order valence-corrected chi connectivity index (χ0v) is 14.5. The average molecular weight is 319 g/mol. The molecule has 1 aliphatic heterocycles. The van der Waals surface area contributed by atoms with E-state index in [0.717, 1.165) is 19.3 Å². The minimum Gasteiger partial charge on any atom is -0.389 e. The number of aryl methyl sites for hydroxylation is 2. The van der Waals surface area contributed by atoms with Crippen molar-refractivity contribution in [3.63, 3.8) is 0 Å². The molecular formula is C20H33NO2. The fourth-order valence-corrected chi connectivity index (χ4v) is 3.40. The van der Waals surface area contributed by atoms with Crippen molar-refractivity contribution in [3.05, 3.63) is 35.4 Å². The van der Waals surface area contributed by atoms with Crippen LogP contribution in [0.4, 0.5) is 0 Å². The van der Waals surface area contributed by atoms with Crippen LogP contribution in [0.1, 0.15) is 63.0 Å². The summed E-state index contributed by atoms with van der Waals surface area (Å²) in [5.41, 5.74) is 8.67. The van der Waals surface area contributed by atoms with E-state index in [-0.39, 0.29) is 12.1 Å². The summed E-state index contributed by atoms with van der Waals surface area (Å²) in [5, 5.41) is 10.00. The Morgan fingerprint density at radius 1 is 1.04 bits per heavy atom. The zero-order chi connectivity index (χ0) is 16.5. The first-order valence-electron chi connectivity index (χ1n) is 9.34. The first-order chi connectivity index (χ1) is 11.2. The van der Waals surface area contributed by atoms with Crippen LogP contribution in [-0.4, -0.2) is 30.0 Å². The lowest BCUT2D eigenvalue weighted by molar-refractivity contribution is 0.0362. The van der Waals surface area contributed by atoms with Gasteiger partial charge < -0.3 is 15.6 Å². The molecule has 0 radical (unpaired) electrons. The number of aliphatic hydroxyl groups is 1. The minimum absolute atomic E-state index is 0.105. The van der Waals surface area contributed by atoms with Gasteiger partial charge in [-0.25, -0.2) is 0 Å². The molecule has 0 spiro atoms. The van der Waals surface area contributed by atoms with Gasteiger partial charge in [0.1, 0.15) is 0 Å². The van der Waals surface area contributed by atoms with Crippen LogP contribution >= 0.6 is 0 Å². The molecule has 0 unspecified atom stereocenters. The number of rotatable bonds is 10. The molecule has 3 nitrogen and oxygen atoms in total. The molecule has 130 valence electrons. The van der Waals surface area contributed by atoms with Gasteiger partial charge in [-0.3, -0.25) is 0 Å². The molecule has 1 aromatic carbocycles. The Hall–Kier alpha value is -0.900. The summed E-state index contributed by atoms with van der Waals surface area (Å²) in [7, 11) is 0. The summed E-state index contributed by atoms with van der Waals surface area (Å²) in [6, 6.07) is 8.48. The fourth-order valence-electron chi connectivity index (χ4n) is 3.40. The molecule has 0 aliphatic carbocycles. The highest BCUT2D eigenvalue weighted by molar-refractivity contribution is 5.27. The summed E-state index contributed by atoms with van der Waals surface area (Å²) in [6.45, 7) is 2.74. The summed E-state index contributed by atoms with van der Waals surface area (Å²) in [6.07, 6.45) is 10.4. The molecule has 1 saturated heterocycles. The Morgan fingerprint density at radius 2 is 1.70 bits per heavy atom. The maximum atomic E-state index is 10.00. The molecule has 0 aromatic heterocycles. The molecule has 3 atom stereocenters. The van der Waals surface area contributed by atoms with Crippen LogP contribution in [0.2, 0.25) is 0 Å². The van der Waals surface area contributed by atoms with Crippen LogP contribution in [0.25, 0.3) is 0 Å². The van der Waals surface area contributed by atoms with Crippen molar-refractivity contribution in [1.29, 1.82) is 0 Å². The van der Waals surface area contributed by atoms with E-state index in [9.17, 15) is 5.11 Å². The first kappa shape index (κ1) is 18.4. The largest absolute Gasteiger partial charge is 0.389 e. The van der Waals surface area contributed by atoms with Crippen LogP contribution in [0.15, 0.2) is 24.3 Å². The lowest BCUT2D eigenvalue weighted by Gasteiger charge is -2.16. The summed E-state index contributed by atoms with van der Waals surface area (Å²) in [5.74, 6) is 0. The number of hydrogen-bond donors (Lipinski definition) is 2. The smallest absolute Gasteiger partial charge is 0.0974 e. The number of benzene rings is 1. The maximum Gasteiger partial charge on any atom is 0.0974 e. The predicted molar refractivity (Wildman–Crippen MR) is 95.6 cm³/mol. The van der Waals surface area contributed by atoms with Crippen LogP contribution in [0.3, 0.4) is 0 Å². The maximum absolute atomic E-state index is 10.00. The van der Waals surface area contributed by atoms with Gasteiger partial charge in [-0.15, -0.1) is 0 Å². The van der Waals surface area contributed by atoms with E-state index in [1.54, 1.807) is 0 Å². The number of unbranched alkanes of at least 4 members (excludes halogenated alkanes) is 5. The monoisotopic (exact) mass is 319 g/mol. The van der Waals surface area contributed by atoms with Crippen molar-refractivity contribution < 1.29 is 9.84 Å². The molecule has 0 bridgehead atoms. The third kappa shape index (κ3) is 5.91. The molecule has 3 N–H and O–H groups in total. The van der Waals surface area contributed by atoms with Crippen LogP contribution in [0.5, 0.6) is 0 Å². The van der Waals surface area contributed by atoms with Crippen LogP contribution in [-0.2, 0) is 17.6 Å². The Labute approximate surface area is 141 Å². The second-order valence-electron chi connectivity index (χ2n) is 6.85. The van der Waals surface area contributed by atoms with Crippen LogP contribution < -0.4 is 5.73 Å². The molecule has 1 aliphatic rings. The Kier molecular flexibility index (Phi) is 8.07. The lowest BCUT2D eigenvalue weighted by Crippen LogP contribution is -2.36. The highest BCUT2D eigenvalue weighted by Crippen LogP contribution is 2.21. The lowest BCUT2D eigenvalue weighted by atomic mass is 9.95. The number of ether oxygens (including phenoxy) is 1. The zero-order valence-electron chi connectivity index (χ0n) is 14.5. The van der Waals surface area contributed by atoms with Crippen molar-refractivity contribution >= 4 is 0 Å². The van der Waals surface area contributed by atoms with Crippen molar-refractivity contribution in [3.8, 4) is 0 Å². The Morgan fingerprint density at radius 3 is 2.35 bits per heavy atom. The Bertz CT molecular complexity index is 449. The number of nitrogens with two attached hydrogens (primary N) is 1. The summed E-state index contributed by atoms with van der Waals surface area (Å²) < 4.78 is 5.60. The van der Waals surface area contributed by atoms with Crippen molar-refractivity contribution in [2.45, 2.75) is 83.0 Å². The standard InChI is InChI=1S/C20H33NO2/c1-2-3-4-5-6-7-10-16-11-8-9-12-17(16)13-14-19-20(22)18(21)15-23-19/h8-9,11-12,18-20,22H,2-7,10,13-15,21H2,1H3/t18-,19+,20+/m1/s1. The van der Waals surface area contributed by atoms with Gasteiger partial charge in [-0.2, -0.15) is 0 Å². The van der Waals surface area contributed by atoms with E-state index < -0.39 is 6.10 Å². The number of hydrogen-bond acceptors (Lipinski definition) is 3. The van der Waals surface area contributed by atoms with Gasteiger partial charge in [0, 0.05) is 0 Å². The molecule has 1 fully saturated rings. The third-order valence-electron chi connectivity index (χ3n) is 4.94. The highest BCUT2D eigenvalue weighted by atomic mass is 16.5. The molecule has 3 heteroatoms. The molecule has 0 saturated carbocycles. The predicted octanol–water partition coefficient (Wildman–Crippen LogP) is 3.61. The van der Waals surface area contributed by atoms with E-state index in [0.29, 0.717) is 6.61 Å². The summed E-state index contributed by atoms with van der Waals surface area (Å²) in [4.78, 5) is 0. The van der Waals surface area contributed by atoms with Gasteiger partial charge in [-0.1, -0.05) is 63.3 Å². The van der Waals surface area contributed by atoms with Crippen molar-refractivity contribution in [1.82, 2.24) is 0 Å². The van der Waals surface area contributed by atoms with Gasteiger partial charge in [0.2, 0.25) is 0 Å². The van der Waals surface area contributed by atoms with E-state index in [1.807, 2.05) is 0 Å². The SMILES string of the molecule is CCCCCCCCc1ccccc1CC[C@@H]1OC[C@@H](N)[C@@H]1O. The van der Waals surface area contributed by atoms with Crippen molar-refractivity contribution in [2.24, 2.45) is 5.73 Å². The topological polar surface area (TPSA) is 55.5 Å². The Balaban J connectivity index is 1.76. The highest BCUT2D eigenvalue weighted by Gasteiger charge is 2.32. The average Bonchev–Trinajstić information content (AvgIpc) is 2.89. The third-order valence-corrected chi connectivity index (χ3v) is 4.94. The van der Waals surface area contributed by atoms with E-state index in [2.05, 4.69) is 31.2 Å². The molecule has 23 heavy (non-hydrogen) atoms. The van der Waals surface area contributed by atoms with Crippen molar-refractivity contribution in [2.75, 3.05) is 6.61 Å². The molecular weight excluding hydrogens is 286 g/mol. The van der Waals surface area contributed by atoms with Gasteiger partial charge in [-0.05, 0) is 36.8 Å². The van der Waals surface area contributed by atoms with E-state index in [4.69, 9.17) is 10.5 Å². The van der Waals surface area contributed by atoms with Gasteiger partial charge in [0.05, 0.1) is 24.9 Å². The molecule has 0 amide bonds. The van der Waals surface area contributed by atoms with Gasteiger partial charge >= 0.3 is 0 Å². The number of aliphatic hydroxyl groups excluding tert-OH is 1. The van der Waals surface area contributed by atoms with Gasteiger partial charge in [0.25, 0.3) is 0 Å². The second kappa shape index (κ2) is 10.1. The normalized spacial score (nSPS) is 24.2. The van der Waals surface area contributed by atoms with Gasteiger partial charge in [0.15, 0.2) is 0 Å². The van der Waals surface area contributed by atoms with Crippen LogP contribution in [0, 0.1) is 0 Å². The quantitative estimate of drug-likeness (QED) is 0.648. The second-order valence-corrected chi connectivity index (χ2v) is 6.85. The molecule has 2 rings (SSSR count). The summed E-state index contributed by atoms with van der Waals surface area (Å²) >= 11 is 0. The molecule has 1 aromatic rings. The van der Waals surface area contributed by atoms with E-state index >= 15 is 0 Å². The fraction of sp³-hybridized carbons (Fsp3) is 0.700.